The molecule has 1 aromatic rings. The number of hydrogen-bond acceptors (Lipinski definition) is 2. The predicted molar refractivity (Wildman–Crippen MR) is 72.2 cm³/mol. The molecule has 0 N–H and O–H groups in total. The summed E-state index contributed by atoms with van der Waals surface area (Å²) in [7, 11) is 1.50. The minimum atomic E-state index is -0.0144. The summed E-state index contributed by atoms with van der Waals surface area (Å²) in [6, 6.07) is 10.6. The molecule has 1 aliphatic rings. The van der Waals surface area contributed by atoms with E-state index >= 15 is 0 Å². The number of hydrogen-bond donors (Lipinski definition) is 0. The third kappa shape index (κ3) is 3.59. The second kappa shape index (κ2) is 6.58. The Bertz CT molecular complexity index is 372. The van der Waals surface area contributed by atoms with Crippen molar-refractivity contribution in [2.24, 2.45) is 11.8 Å². The van der Waals surface area contributed by atoms with Gasteiger partial charge >= 0.3 is 5.97 Å². The van der Waals surface area contributed by atoms with Gasteiger partial charge in [-0.25, -0.2) is 0 Å². The van der Waals surface area contributed by atoms with Gasteiger partial charge in [-0.15, -0.1) is 0 Å². The molecule has 1 saturated carbocycles. The maximum absolute atomic E-state index is 11.6. The number of aryl methyl sites for hydroxylation is 1. The number of ether oxygens (including phenoxy) is 1. The highest BCUT2D eigenvalue weighted by Gasteiger charge is 2.27. The molecule has 0 aliphatic heterocycles. The average molecular weight is 246 g/mol. The molecule has 2 heteroatoms. The molecular weight excluding hydrogens is 224 g/mol. The Morgan fingerprint density at radius 3 is 2.78 bits per heavy atom. The van der Waals surface area contributed by atoms with Gasteiger partial charge in [0, 0.05) is 0 Å². The molecule has 98 valence electrons. The van der Waals surface area contributed by atoms with Crippen LogP contribution in [-0.2, 0) is 16.0 Å². The second-order valence-corrected chi connectivity index (χ2v) is 5.28. The van der Waals surface area contributed by atoms with E-state index < -0.39 is 0 Å². The Balaban J connectivity index is 1.81. The monoisotopic (exact) mass is 246 g/mol. The second-order valence-electron chi connectivity index (χ2n) is 5.28. The summed E-state index contributed by atoms with van der Waals surface area (Å²) < 4.78 is 4.86. The van der Waals surface area contributed by atoms with Crippen molar-refractivity contribution in [3.05, 3.63) is 35.9 Å². The Labute approximate surface area is 109 Å². The van der Waals surface area contributed by atoms with E-state index in [1.165, 1.54) is 31.9 Å². The molecule has 0 radical (unpaired) electrons. The summed E-state index contributed by atoms with van der Waals surface area (Å²) in [5.41, 5.74) is 1.40. The molecule has 1 aromatic carbocycles. The van der Waals surface area contributed by atoms with E-state index in [-0.39, 0.29) is 11.9 Å². The van der Waals surface area contributed by atoms with Crippen LogP contribution in [0, 0.1) is 11.8 Å². The van der Waals surface area contributed by atoms with Crippen molar-refractivity contribution in [3.63, 3.8) is 0 Å². The van der Waals surface area contributed by atoms with Crippen molar-refractivity contribution < 1.29 is 9.53 Å². The Hall–Kier alpha value is -1.31. The number of carbonyl (C=O) groups is 1. The molecule has 0 spiro atoms. The number of methoxy groups -OCH3 is 1. The zero-order chi connectivity index (χ0) is 12.8. The lowest BCUT2D eigenvalue weighted by Crippen LogP contribution is -2.24. The van der Waals surface area contributed by atoms with Crippen LogP contribution in [0.3, 0.4) is 0 Å². The summed E-state index contributed by atoms with van der Waals surface area (Å²) in [6.07, 6.45) is 6.77. The minimum absolute atomic E-state index is 0.0144. The number of esters is 1. The van der Waals surface area contributed by atoms with Gasteiger partial charge in [-0.05, 0) is 37.2 Å². The van der Waals surface area contributed by atoms with Gasteiger partial charge in [0.25, 0.3) is 0 Å². The summed E-state index contributed by atoms with van der Waals surface area (Å²) in [5, 5.41) is 0. The van der Waals surface area contributed by atoms with Crippen LogP contribution < -0.4 is 0 Å². The highest BCUT2D eigenvalue weighted by Crippen LogP contribution is 2.32. The third-order valence-corrected chi connectivity index (χ3v) is 4.00. The van der Waals surface area contributed by atoms with E-state index in [1.54, 1.807) is 0 Å². The van der Waals surface area contributed by atoms with Crippen LogP contribution >= 0.6 is 0 Å². The molecule has 0 aromatic heterocycles. The van der Waals surface area contributed by atoms with Crippen LogP contribution in [0.15, 0.2) is 30.3 Å². The van der Waals surface area contributed by atoms with E-state index in [1.807, 2.05) is 0 Å². The zero-order valence-electron chi connectivity index (χ0n) is 11.1. The normalized spacial score (nSPS) is 23.6. The van der Waals surface area contributed by atoms with Crippen molar-refractivity contribution in [1.29, 1.82) is 0 Å². The molecule has 2 rings (SSSR count). The predicted octanol–water partition coefficient (Wildman–Crippen LogP) is 3.60. The topological polar surface area (TPSA) is 26.3 Å². The molecule has 0 saturated heterocycles. The number of benzene rings is 1. The van der Waals surface area contributed by atoms with Crippen molar-refractivity contribution in [3.8, 4) is 0 Å². The molecule has 0 bridgehead atoms. The van der Waals surface area contributed by atoms with E-state index in [9.17, 15) is 4.79 Å². The highest BCUT2D eigenvalue weighted by molar-refractivity contribution is 5.72. The van der Waals surface area contributed by atoms with E-state index in [0.717, 1.165) is 19.3 Å². The van der Waals surface area contributed by atoms with E-state index in [2.05, 4.69) is 30.3 Å². The quantitative estimate of drug-likeness (QED) is 0.759. The first-order chi connectivity index (χ1) is 8.79. The first-order valence-corrected chi connectivity index (χ1v) is 6.91. The van der Waals surface area contributed by atoms with Crippen LogP contribution in [0.2, 0.25) is 0 Å². The van der Waals surface area contributed by atoms with Gasteiger partial charge < -0.3 is 4.74 Å². The summed E-state index contributed by atoms with van der Waals surface area (Å²) >= 11 is 0. The fourth-order valence-electron chi connectivity index (χ4n) is 2.95. The molecule has 2 nitrogen and oxygen atoms in total. The lowest BCUT2D eigenvalue weighted by molar-refractivity contribution is -0.147. The zero-order valence-corrected chi connectivity index (χ0v) is 11.1. The first-order valence-electron chi connectivity index (χ1n) is 6.91. The molecule has 0 amide bonds. The summed E-state index contributed by atoms with van der Waals surface area (Å²) in [4.78, 5) is 11.6. The molecule has 2 atom stereocenters. The average Bonchev–Trinajstić information content (AvgIpc) is 2.45. The van der Waals surface area contributed by atoms with Gasteiger partial charge in [-0.3, -0.25) is 4.79 Å². The number of rotatable bonds is 4. The Morgan fingerprint density at radius 2 is 2.06 bits per heavy atom. The first kappa shape index (κ1) is 13.1. The minimum Gasteiger partial charge on any atom is -0.469 e. The smallest absolute Gasteiger partial charge is 0.308 e. The van der Waals surface area contributed by atoms with Crippen LogP contribution in [-0.4, -0.2) is 13.1 Å². The third-order valence-electron chi connectivity index (χ3n) is 4.00. The van der Waals surface area contributed by atoms with Gasteiger partial charge in [0.05, 0.1) is 13.0 Å². The van der Waals surface area contributed by atoms with Crippen molar-refractivity contribution in [2.45, 2.75) is 38.5 Å². The van der Waals surface area contributed by atoms with Crippen LogP contribution in [0.25, 0.3) is 0 Å². The molecule has 18 heavy (non-hydrogen) atoms. The van der Waals surface area contributed by atoms with Crippen molar-refractivity contribution >= 4 is 5.97 Å². The van der Waals surface area contributed by atoms with Gasteiger partial charge in [0.1, 0.15) is 0 Å². The fraction of sp³-hybridized carbons (Fsp3) is 0.562. The lowest BCUT2D eigenvalue weighted by Gasteiger charge is -2.27. The molecule has 1 fully saturated rings. The fourth-order valence-corrected chi connectivity index (χ4v) is 2.95. The highest BCUT2D eigenvalue weighted by atomic mass is 16.5. The molecule has 0 heterocycles. The van der Waals surface area contributed by atoms with Gasteiger partial charge in [-0.2, -0.15) is 0 Å². The van der Waals surface area contributed by atoms with Gasteiger partial charge in [0.15, 0.2) is 0 Å². The van der Waals surface area contributed by atoms with Gasteiger partial charge in [-0.1, -0.05) is 43.2 Å². The maximum Gasteiger partial charge on any atom is 0.308 e. The van der Waals surface area contributed by atoms with Crippen molar-refractivity contribution in [2.75, 3.05) is 7.11 Å². The molecule has 1 aliphatic carbocycles. The standard InChI is InChI=1S/C16H22O2/c1-18-16(17)15-9-5-8-14(12-15)11-10-13-6-3-2-4-7-13/h2-4,6-7,14-15H,5,8-12H2,1H3. The molecule has 2 unspecified atom stereocenters. The van der Waals surface area contributed by atoms with Gasteiger partial charge in [0.2, 0.25) is 0 Å². The van der Waals surface area contributed by atoms with E-state index in [0.29, 0.717) is 5.92 Å². The summed E-state index contributed by atoms with van der Waals surface area (Å²) in [6.45, 7) is 0. The maximum atomic E-state index is 11.6. The van der Waals surface area contributed by atoms with Crippen molar-refractivity contribution in [1.82, 2.24) is 0 Å². The van der Waals surface area contributed by atoms with Crippen LogP contribution in [0.5, 0.6) is 0 Å². The van der Waals surface area contributed by atoms with Crippen LogP contribution in [0.4, 0.5) is 0 Å². The van der Waals surface area contributed by atoms with Crippen LogP contribution in [0.1, 0.15) is 37.7 Å². The van der Waals surface area contributed by atoms with E-state index in [4.69, 9.17) is 4.74 Å². The Morgan fingerprint density at radius 1 is 1.28 bits per heavy atom. The number of carbonyl (C=O) groups excluding carboxylic acids is 1. The molecular formula is C16H22O2. The SMILES string of the molecule is COC(=O)C1CCCC(CCc2ccccc2)C1. The Kier molecular flexibility index (Phi) is 4.80. The largest absolute Gasteiger partial charge is 0.469 e. The lowest BCUT2D eigenvalue weighted by atomic mass is 9.79. The summed E-state index contributed by atoms with van der Waals surface area (Å²) in [5.74, 6) is 0.812.